The minimum Gasteiger partial charge on any atom is -0.355 e. The quantitative estimate of drug-likeness (QED) is 0.887. The van der Waals surface area contributed by atoms with Gasteiger partial charge in [0.1, 0.15) is 0 Å². The highest BCUT2D eigenvalue weighted by Gasteiger charge is 2.54. The van der Waals surface area contributed by atoms with Crippen LogP contribution in [0.5, 0.6) is 0 Å². The maximum absolute atomic E-state index is 12.8. The van der Waals surface area contributed by atoms with Crippen molar-refractivity contribution in [3.8, 4) is 0 Å². The smallest absolute Gasteiger partial charge is 0.232 e. The fourth-order valence-corrected chi connectivity index (χ4v) is 6.20. The van der Waals surface area contributed by atoms with Gasteiger partial charge in [-0.05, 0) is 74.5 Å². The van der Waals surface area contributed by atoms with Gasteiger partial charge in [-0.2, -0.15) is 0 Å². The highest BCUT2D eigenvalue weighted by Crippen LogP contribution is 2.59. The summed E-state index contributed by atoms with van der Waals surface area (Å²) in [7, 11) is 0. The van der Waals surface area contributed by atoms with E-state index in [0.717, 1.165) is 42.8 Å². The van der Waals surface area contributed by atoms with Crippen LogP contribution >= 0.6 is 12.4 Å². The van der Waals surface area contributed by atoms with Crippen LogP contribution in [0.25, 0.3) is 0 Å². The highest BCUT2D eigenvalue weighted by atomic mass is 35.5. The van der Waals surface area contributed by atoms with Crippen LogP contribution in [0, 0.1) is 23.2 Å². The van der Waals surface area contributed by atoms with Crippen molar-refractivity contribution in [2.45, 2.75) is 56.8 Å². The number of hydrogen-bond donors (Lipinski definition) is 2. The highest BCUT2D eigenvalue weighted by molar-refractivity contribution is 5.90. The molecular formula is C18H26ClN3O. The Balaban J connectivity index is 0.00000135. The lowest BCUT2D eigenvalue weighted by Crippen LogP contribution is -2.52. The lowest BCUT2D eigenvalue weighted by atomic mass is 9.49. The minimum absolute atomic E-state index is 0. The van der Waals surface area contributed by atoms with Crippen LogP contribution in [0.1, 0.15) is 57.1 Å². The number of H-pyrrole nitrogens is 1. The Morgan fingerprint density at radius 2 is 1.78 bits per heavy atom. The van der Waals surface area contributed by atoms with Crippen molar-refractivity contribution in [2.75, 3.05) is 6.54 Å². The third kappa shape index (κ3) is 2.41. The molecule has 5 aliphatic carbocycles. The van der Waals surface area contributed by atoms with Crippen molar-refractivity contribution in [3.63, 3.8) is 0 Å². The van der Waals surface area contributed by atoms with E-state index in [4.69, 9.17) is 0 Å². The zero-order valence-corrected chi connectivity index (χ0v) is 14.3. The van der Waals surface area contributed by atoms with Crippen LogP contribution < -0.4 is 5.32 Å². The number of aromatic nitrogens is 2. The lowest BCUT2D eigenvalue weighted by molar-refractivity contribution is -0.125. The summed E-state index contributed by atoms with van der Waals surface area (Å²) < 4.78 is 0. The molecule has 0 spiro atoms. The van der Waals surface area contributed by atoms with Crippen molar-refractivity contribution < 1.29 is 4.79 Å². The molecule has 0 aromatic carbocycles. The van der Waals surface area contributed by atoms with Gasteiger partial charge in [-0.15, -0.1) is 12.4 Å². The fourth-order valence-electron chi connectivity index (χ4n) is 6.20. The third-order valence-corrected chi connectivity index (χ3v) is 6.99. The molecule has 0 unspecified atom stereocenters. The number of amides is 1. The number of halogens is 1. The molecule has 0 radical (unpaired) electrons. The third-order valence-electron chi connectivity index (χ3n) is 6.99. The number of carbonyl (C=O) groups is 1. The van der Waals surface area contributed by atoms with Crippen molar-refractivity contribution >= 4 is 18.3 Å². The topological polar surface area (TPSA) is 57.8 Å². The zero-order chi connectivity index (χ0) is 14.8. The molecule has 1 amide bonds. The molecule has 5 fully saturated rings. The Morgan fingerprint density at radius 3 is 2.26 bits per heavy atom. The van der Waals surface area contributed by atoms with Gasteiger partial charge < -0.3 is 10.3 Å². The zero-order valence-electron chi connectivity index (χ0n) is 13.5. The van der Waals surface area contributed by atoms with Crippen LogP contribution in [0.4, 0.5) is 0 Å². The van der Waals surface area contributed by atoms with Gasteiger partial charge in [-0.3, -0.25) is 4.79 Å². The SMILES string of the molecule is Cl.O=C(NCC12CC3CC(CC(C3)C1)C2)C1(c2cnc[nH]2)CC1. The molecule has 4 nitrogen and oxygen atoms in total. The standard InChI is InChI=1S/C18H25N3O.ClH/c22-16(18(1-2-18)15-9-19-11-21-15)20-10-17-6-12-3-13(7-17)5-14(4-12)8-17;/h9,11-14H,1-8,10H2,(H,19,21)(H,20,22);1H. The van der Waals surface area contributed by atoms with E-state index in [9.17, 15) is 4.79 Å². The Hall–Kier alpha value is -1.03. The van der Waals surface area contributed by atoms with Crippen LogP contribution in [-0.4, -0.2) is 22.4 Å². The molecule has 1 heterocycles. The summed E-state index contributed by atoms with van der Waals surface area (Å²) in [5.41, 5.74) is 1.13. The number of carbonyl (C=O) groups excluding carboxylic acids is 1. The van der Waals surface area contributed by atoms with Gasteiger partial charge in [-0.1, -0.05) is 0 Å². The first kappa shape index (κ1) is 15.5. The number of rotatable bonds is 4. The van der Waals surface area contributed by atoms with Crippen LogP contribution in [0.3, 0.4) is 0 Å². The summed E-state index contributed by atoms with van der Waals surface area (Å²) in [6.07, 6.45) is 13.9. The lowest BCUT2D eigenvalue weighted by Gasteiger charge is -2.57. The Labute approximate surface area is 143 Å². The van der Waals surface area contributed by atoms with Gasteiger partial charge in [0, 0.05) is 12.7 Å². The molecule has 6 rings (SSSR count). The number of hydrogen-bond acceptors (Lipinski definition) is 2. The Bertz CT molecular complexity index is 558. The minimum atomic E-state index is -0.293. The number of aromatic amines is 1. The predicted molar refractivity (Wildman–Crippen MR) is 90.4 cm³/mol. The molecule has 1 aromatic heterocycles. The normalized spacial score (nSPS) is 38.9. The molecule has 0 saturated heterocycles. The first-order chi connectivity index (χ1) is 10.7. The van der Waals surface area contributed by atoms with Crippen molar-refractivity contribution in [3.05, 3.63) is 18.2 Å². The molecular weight excluding hydrogens is 310 g/mol. The van der Waals surface area contributed by atoms with Crippen molar-refractivity contribution in [2.24, 2.45) is 23.2 Å². The van der Waals surface area contributed by atoms with Crippen molar-refractivity contribution in [1.82, 2.24) is 15.3 Å². The van der Waals surface area contributed by atoms with E-state index in [0.29, 0.717) is 5.41 Å². The number of imidazole rings is 1. The largest absolute Gasteiger partial charge is 0.355 e. The van der Waals surface area contributed by atoms with E-state index >= 15 is 0 Å². The van der Waals surface area contributed by atoms with E-state index in [-0.39, 0.29) is 23.7 Å². The molecule has 1 aromatic rings. The molecule has 126 valence electrons. The molecule has 0 aliphatic heterocycles. The first-order valence-corrected chi connectivity index (χ1v) is 8.95. The van der Waals surface area contributed by atoms with Gasteiger partial charge in [0.25, 0.3) is 0 Å². The summed E-state index contributed by atoms with van der Waals surface area (Å²) in [5.74, 6) is 3.08. The summed E-state index contributed by atoms with van der Waals surface area (Å²) in [6, 6.07) is 0. The molecule has 5 saturated carbocycles. The number of nitrogens with one attached hydrogen (secondary N) is 2. The summed E-state index contributed by atoms with van der Waals surface area (Å²) >= 11 is 0. The Kier molecular flexibility index (Phi) is 3.53. The van der Waals surface area contributed by atoms with E-state index in [1.807, 2.05) is 6.20 Å². The van der Waals surface area contributed by atoms with E-state index in [1.54, 1.807) is 6.33 Å². The van der Waals surface area contributed by atoms with E-state index in [2.05, 4.69) is 15.3 Å². The monoisotopic (exact) mass is 335 g/mol. The molecule has 5 heteroatoms. The van der Waals surface area contributed by atoms with Crippen LogP contribution in [-0.2, 0) is 10.2 Å². The van der Waals surface area contributed by atoms with Gasteiger partial charge in [0.05, 0.1) is 17.4 Å². The second kappa shape index (κ2) is 5.23. The average Bonchev–Trinajstić information content (AvgIpc) is 3.10. The van der Waals surface area contributed by atoms with E-state index in [1.165, 1.54) is 38.5 Å². The second-order valence-corrected chi connectivity index (χ2v) is 8.65. The van der Waals surface area contributed by atoms with Crippen LogP contribution in [0.15, 0.2) is 12.5 Å². The summed E-state index contributed by atoms with van der Waals surface area (Å²) in [6.45, 7) is 0.908. The summed E-state index contributed by atoms with van der Waals surface area (Å²) in [4.78, 5) is 20.0. The number of nitrogens with zero attached hydrogens (tertiary/aromatic N) is 1. The molecule has 0 atom stereocenters. The average molecular weight is 336 g/mol. The Morgan fingerprint density at radius 1 is 1.17 bits per heavy atom. The van der Waals surface area contributed by atoms with Gasteiger partial charge in [0.15, 0.2) is 0 Å². The fraction of sp³-hybridized carbons (Fsp3) is 0.778. The van der Waals surface area contributed by atoms with Gasteiger partial charge in [-0.25, -0.2) is 4.98 Å². The molecule has 2 N–H and O–H groups in total. The van der Waals surface area contributed by atoms with Gasteiger partial charge in [0.2, 0.25) is 5.91 Å². The molecule has 23 heavy (non-hydrogen) atoms. The summed E-state index contributed by atoms with van der Waals surface area (Å²) in [5, 5.41) is 3.34. The maximum atomic E-state index is 12.8. The van der Waals surface area contributed by atoms with Crippen molar-refractivity contribution in [1.29, 1.82) is 0 Å². The predicted octanol–water partition coefficient (Wildman–Crippen LogP) is 3.20. The van der Waals surface area contributed by atoms with Crippen LogP contribution in [0.2, 0.25) is 0 Å². The molecule has 5 aliphatic rings. The van der Waals surface area contributed by atoms with E-state index < -0.39 is 0 Å². The first-order valence-electron chi connectivity index (χ1n) is 8.95. The maximum Gasteiger partial charge on any atom is 0.232 e. The van der Waals surface area contributed by atoms with Gasteiger partial charge >= 0.3 is 0 Å². The molecule has 4 bridgehead atoms. The second-order valence-electron chi connectivity index (χ2n) is 8.65.